The Kier molecular flexibility index (Phi) is 7.33. The number of carbonyl (C=O) groups excluding carboxylic acids is 1. The third kappa shape index (κ3) is 5.12. The van der Waals surface area contributed by atoms with E-state index >= 15 is 0 Å². The van der Waals surface area contributed by atoms with Crippen LogP contribution in [0, 0.1) is 0 Å². The highest BCUT2D eigenvalue weighted by molar-refractivity contribution is 8.26. The summed E-state index contributed by atoms with van der Waals surface area (Å²) in [6, 6.07) is 7.40. The van der Waals surface area contributed by atoms with E-state index in [9.17, 15) is 4.79 Å². The van der Waals surface area contributed by atoms with Crippen molar-refractivity contribution in [1.29, 1.82) is 0 Å². The third-order valence-corrected chi connectivity index (χ3v) is 6.47. The normalized spacial score (nSPS) is 16.0. The van der Waals surface area contributed by atoms with Gasteiger partial charge < -0.3 is 9.47 Å². The van der Waals surface area contributed by atoms with E-state index < -0.39 is 0 Å². The molecular formula is C18H15Cl2NO3S3. The Morgan fingerprint density at radius 3 is 2.85 bits per heavy atom. The number of benzene rings is 1. The summed E-state index contributed by atoms with van der Waals surface area (Å²) in [6.45, 7) is 0.961. The van der Waals surface area contributed by atoms with Crippen LogP contribution in [-0.4, -0.2) is 42.2 Å². The summed E-state index contributed by atoms with van der Waals surface area (Å²) in [4.78, 5) is 15.7. The second-order valence-electron chi connectivity index (χ2n) is 5.51. The first-order valence-electron chi connectivity index (χ1n) is 7.85. The Hall–Kier alpha value is -0.930. The number of methoxy groups -OCH3 is 1. The largest absolute Gasteiger partial charge is 0.359 e. The molecule has 142 valence electrons. The van der Waals surface area contributed by atoms with Crippen LogP contribution >= 0.6 is 58.5 Å². The molecule has 9 heteroatoms. The molecule has 1 amide bonds. The standard InChI is InChI=1S/C18H15Cl2NO3S3/c1-23-10-24-5-4-21-17(22)16(27-18(21)25)8-13-6-11(9-26-13)14-3-2-12(19)7-15(14)20/h2-3,6-9H,4-5,10H2,1H3. The summed E-state index contributed by atoms with van der Waals surface area (Å²) in [7, 11) is 1.55. The Labute approximate surface area is 181 Å². The number of nitrogens with zero attached hydrogens (tertiary/aromatic N) is 1. The highest BCUT2D eigenvalue weighted by Gasteiger charge is 2.31. The van der Waals surface area contributed by atoms with E-state index in [2.05, 4.69) is 0 Å². The molecule has 0 N–H and O–H groups in total. The summed E-state index contributed by atoms with van der Waals surface area (Å²) in [5, 5.41) is 3.19. The Bertz CT molecular complexity index is 898. The fraction of sp³-hybridized carbons (Fsp3) is 0.222. The van der Waals surface area contributed by atoms with Crippen molar-refractivity contribution >= 4 is 74.8 Å². The van der Waals surface area contributed by atoms with Gasteiger partial charge in [0.25, 0.3) is 5.91 Å². The summed E-state index contributed by atoms with van der Waals surface area (Å²) in [5.41, 5.74) is 1.89. The fourth-order valence-electron chi connectivity index (χ4n) is 2.41. The van der Waals surface area contributed by atoms with Crippen molar-refractivity contribution in [3.05, 3.63) is 49.5 Å². The lowest BCUT2D eigenvalue weighted by molar-refractivity contribution is -0.123. The van der Waals surface area contributed by atoms with Gasteiger partial charge in [0.15, 0.2) is 0 Å². The summed E-state index contributed by atoms with van der Waals surface area (Å²) < 4.78 is 10.6. The zero-order valence-corrected chi connectivity index (χ0v) is 18.2. The lowest BCUT2D eigenvalue weighted by Gasteiger charge is -2.13. The molecule has 3 rings (SSSR count). The summed E-state index contributed by atoms with van der Waals surface area (Å²) in [6.07, 6.45) is 1.85. The number of ether oxygens (including phenoxy) is 2. The molecule has 1 aromatic heterocycles. The first-order valence-corrected chi connectivity index (χ1v) is 10.7. The average Bonchev–Trinajstić information content (AvgIpc) is 3.18. The van der Waals surface area contributed by atoms with Crippen LogP contribution in [0.25, 0.3) is 17.2 Å². The SMILES string of the molecule is COCOCCN1C(=O)C(=Cc2cc(-c3ccc(Cl)cc3Cl)cs2)SC1=S. The van der Waals surface area contributed by atoms with E-state index in [1.165, 1.54) is 23.1 Å². The van der Waals surface area contributed by atoms with Gasteiger partial charge in [0.2, 0.25) is 0 Å². The van der Waals surface area contributed by atoms with Gasteiger partial charge in [-0.2, -0.15) is 0 Å². The molecular weight excluding hydrogens is 445 g/mol. The van der Waals surface area contributed by atoms with E-state index in [1.54, 1.807) is 24.1 Å². The van der Waals surface area contributed by atoms with Crippen molar-refractivity contribution in [1.82, 2.24) is 4.90 Å². The van der Waals surface area contributed by atoms with Gasteiger partial charge in [-0.3, -0.25) is 9.69 Å². The van der Waals surface area contributed by atoms with Gasteiger partial charge in [0.1, 0.15) is 11.1 Å². The molecule has 0 radical (unpaired) electrons. The van der Waals surface area contributed by atoms with Crippen LogP contribution in [0.2, 0.25) is 10.0 Å². The van der Waals surface area contributed by atoms with Crippen molar-refractivity contribution in [2.75, 3.05) is 27.1 Å². The predicted octanol–water partition coefficient (Wildman–Crippen LogP) is 5.54. The number of thiocarbonyl (C=S) groups is 1. The minimum Gasteiger partial charge on any atom is -0.359 e. The number of rotatable bonds is 7. The van der Waals surface area contributed by atoms with Crippen LogP contribution in [0.3, 0.4) is 0 Å². The predicted molar refractivity (Wildman–Crippen MR) is 117 cm³/mol. The van der Waals surface area contributed by atoms with Crippen LogP contribution in [0.5, 0.6) is 0 Å². The molecule has 27 heavy (non-hydrogen) atoms. The van der Waals surface area contributed by atoms with Crippen LogP contribution in [-0.2, 0) is 14.3 Å². The van der Waals surface area contributed by atoms with E-state index in [4.69, 9.17) is 44.9 Å². The second-order valence-corrected chi connectivity index (χ2v) is 8.97. The minimum atomic E-state index is -0.106. The average molecular weight is 460 g/mol. The minimum absolute atomic E-state index is 0.106. The van der Waals surface area contributed by atoms with E-state index in [-0.39, 0.29) is 12.7 Å². The lowest BCUT2D eigenvalue weighted by Crippen LogP contribution is -2.31. The molecule has 1 saturated heterocycles. The molecule has 1 aliphatic rings. The quantitative estimate of drug-likeness (QED) is 0.235. The van der Waals surface area contributed by atoms with Gasteiger partial charge in [-0.15, -0.1) is 11.3 Å². The van der Waals surface area contributed by atoms with Gasteiger partial charge in [0.05, 0.1) is 18.1 Å². The van der Waals surface area contributed by atoms with Crippen molar-refractivity contribution < 1.29 is 14.3 Å². The monoisotopic (exact) mass is 459 g/mol. The Morgan fingerprint density at radius 2 is 2.11 bits per heavy atom. The zero-order valence-electron chi connectivity index (χ0n) is 14.2. The molecule has 0 spiro atoms. The van der Waals surface area contributed by atoms with Crippen LogP contribution < -0.4 is 0 Å². The molecule has 0 atom stereocenters. The van der Waals surface area contributed by atoms with Gasteiger partial charge in [0, 0.05) is 27.6 Å². The van der Waals surface area contributed by atoms with Gasteiger partial charge >= 0.3 is 0 Å². The van der Waals surface area contributed by atoms with E-state index in [0.29, 0.717) is 32.4 Å². The highest BCUT2D eigenvalue weighted by atomic mass is 35.5. The second kappa shape index (κ2) is 9.52. The molecule has 2 heterocycles. The van der Waals surface area contributed by atoms with Crippen molar-refractivity contribution in [2.45, 2.75) is 0 Å². The van der Waals surface area contributed by atoms with Gasteiger partial charge in [-0.05, 0) is 35.2 Å². The van der Waals surface area contributed by atoms with Crippen molar-refractivity contribution in [3.8, 4) is 11.1 Å². The molecule has 1 fully saturated rings. The molecule has 1 aromatic carbocycles. The summed E-state index contributed by atoms with van der Waals surface area (Å²) >= 11 is 20.4. The molecule has 0 saturated carbocycles. The zero-order chi connectivity index (χ0) is 19.4. The Balaban J connectivity index is 1.73. The Morgan fingerprint density at radius 1 is 1.30 bits per heavy atom. The number of amides is 1. The number of carbonyl (C=O) groups is 1. The van der Waals surface area contributed by atoms with E-state index in [1.807, 2.05) is 23.6 Å². The molecule has 2 aromatic rings. The van der Waals surface area contributed by atoms with Crippen molar-refractivity contribution in [2.24, 2.45) is 0 Å². The van der Waals surface area contributed by atoms with E-state index in [0.717, 1.165) is 16.0 Å². The fourth-order valence-corrected chi connectivity index (χ4v) is 5.14. The molecule has 1 aliphatic heterocycles. The third-order valence-electron chi connectivity index (χ3n) is 3.67. The smallest absolute Gasteiger partial charge is 0.266 e. The van der Waals surface area contributed by atoms with Crippen LogP contribution in [0.15, 0.2) is 34.6 Å². The number of thioether (sulfide) groups is 1. The van der Waals surface area contributed by atoms with Crippen molar-refractivity contribution in [3.63, 3.8) is 0 Å². The molecule has 4 nitrogen and oxygen atoms in total. The number of hydrogen-bond acceptors (Lipinski definition) is 6. The van der Waals surface area contributed by atoms with Gasteiger partial charge in [-0.1, -0.05) is 53.2 Å². The first-order chi connectivity index (χ1) is 13.0. The lowest BCUT2D eigenvalue weighted by atomic mass is 10.1. The maximum absolute atomic E-state index is 12.6. The molecule has 0 aliphatic carbocycles. The molecule has 0 bridgehead atoms. The molecule has 0 unspecified atom stereocenters. The summed E-state index contributed by atoms with van der Waals surface area (Å²) in [5.74, 6) is -0.106. The topological polar surface area (TPSA) is 38.8 Å². The highest BCUT2D eigenvalue weighted by Crippen LogP contribution is 2.36. The maximum atomic E-state index is 12.6. The number of thiophene rings is 1. The van der Waals surface area contributed by atoms with Crippen LogP contribution in [0.1, 0.15) is 4.88 Å². The van der Waals surface area contributed by atoms with Crippen LogP contribution in [0.4, 0.5) is 0 Å². The van der Waals surface area contributed by atoms with Gasteiger partial charge in [-0.25, -0.2) is 0 Å². The maximum Gasteiger partial charge on any atom is 0.266 e. The number of halogens is 2. The first kappa shape index (κ1) is 20.8. The number of hydrogen-bond donors (Lipinski definition) is 0.